The zero-order valence-electron chi connectivity index (χ0n) is 12.5. The molecule has 8 heteroatoms. The van der Waals surface area contributed by atoms with E-state index in [1.807, 2.05) is 6.92 Å². The summed E-state index contributed by atoms with van der Waals surface area (Å²) in [5, 5.41) is 17.5. The number of carbonyl (C=O) groups excluding carboxylic acids is 1. The van der Waals surface area contributed by atoms with E-state index >= 15 is 0 Å². The zero-order valence-corrected chi connectivity index (χ0v) is 12.5. The summed E-state index contributed by atoms with van der Waals surface area (Å²) < 4.78 is 6.58. The Morgan fingerprint density at radius 1 is 1.52 bits per heavy atom. The first-order valence-electron chi connectivity index (χ1n) is 6.50. The van der Waals surface area contributed by atoms with Crippen molar-refractivity contribution in [1.29, 1.82) is 0 Å². The number of aromatic nitrogens is 2. The van der Waals surface area contributed by atoms with Gasteiger partial charge in [0.2, 0.25) is 5.91 Å². The van der Waals surface area contributed by atoms with Gasteiger partial charge in [0.05, 0.1) is 18.1 Å². The molecule has 1 N–H and O–H groups in total. The van der Waals surface area contributed by atoms with E-state index in [2.05, 4.69) is 17.0 Å². The average Bonchev–Trinajstić information content (AvgIpc) is 2.63. The van der Waals surface area contributed by atoms with Crippen LogP contribution in [0.5, 0.6) is 0 Å². The molecular weight excluding hydrogens is 276 g/mol. The van der Waals surface area contributed by atoms with Gasteiger partial charge >= 0.3 is 5.69 Å². The summed E-state index contributed by atoms with van der Waals surface area (Å²) in [7, 11) is 0. The van der Waals surface area contributed by atoms with E-state index in [0.29, 0.717) is 31.1 Å². The van der Waals surface area contributed by atoms with E-state index in [4.69, 9.17) is 4.74 Å². The van der Waals surface area contributed by atoms with E-state index in [-0.39, 0.29) is 18.1 Å². The van der Waals surface area contributed by atoms with Crippen LogP contribution in [0.2, 0.25) is 0 Å². The largest absolute Gasteiger partial charge is 0.375 e. The summed E-state index contributed by atoms with van der Waals surface area (Å²) >= 11 is 0. The van der Waals surface area contributed by atoms with Crippen LogP contribution >= 0.6 is 0 Å². The number of rotatable bonds is 8. The lowest BCUT2D eigenvalue weighted by Crippen LogP contribution is -2.31. The molecule has 0 aliphatic rings. The van der Waals surface area contributed by atoms with Crippen molar-refractivity contribution in [2.24, 2.45) is 0 Å². The van der Waals surface area contributed by atoms with Gasteiger partial charge in [-0.1, -0.05) is 12.2 Å². The molecule has 0 bridgehead atoms. The second kappa shape index (κ2) is 7.53. The van der Waals surface area contributed by atoms with Gasteiger partial charge in [-0.15, -0.1) is 0 Å². The minimum atomic E-state index is -0.489. The molecule has 0 aliphatic carbocycles. The Bertz CT molecular complexity index is 551. The number of hydrogen-bond donors (Lipinski definition) is 1. The van der Waals surface area contributed by atoms with Crippen molar-refractivity contribution < 1.29 is 14.5 Å². The van der Waals surface area contributed by atoms with Gasteiger partial charge in [0.25, 0.3) is 0 Å². The molecule has 0 spiro atoms. The maximum Gasteiger partial charge on any atom is 0.312 e. The first-order chi connectivity index (χ1) is 9.82. The van der Waals surface area contributed by atoms with Gasteiger partial charge in [-0.05, 0) is 20.8 Å². The molecule has 116 valence electrons. The molecule has 8 nitrogen and oxygen atoms in total. The summed E-state index contributed by atoms with van der Waals surface area (Å²) in [6.45, 7) is 9.83. The molecule has 1 heterocycles. The van der Waals surface area contributed by atoms with Crippen LogP contribution in [0.1, 0.15) is 18.3 Å². The summed E-state index contributed by atoms with van der Waals surface area (Å²) in [4.78, 5) is 22.1. The van der Waals surface area contributed by atoms with E-state index in [1.165, 1.54) is 4.68 Å². The Balaban J connectivity index is 2.47. The molecule has 0 unspecified atom stereocenters. The van der Waals surface area contributed by atoms with Crippen LogP contribution in [-0.2, 0) is 16.1 Å². The lowest BCUT2D eigenvalue weighted by atomic mass is 10.3. The molecule has 1 aromatic heterocycles. The predicted octanol–water partition coefficient (Wildman–Crippen LogP) is 1.12. The Kier molecular flexibility index (Phi) is 6.04. The fourth-order valence-corrected chi connectivity index (χ4v) is 1.81. The molecule has 21 heavy (non-hydrogen) atoms. The third-order valence-electron chi connectivity index (χ3n) is 2.74. The molecule has 0 aromatic carbocycles. The van der Waals surface area contributed by atoms with E-state index < -0.39 is 4.92 Å². The lowest BCUT2D eigenvalue weighted by molar-refractivity contribution is -0.386. The second-order valence-electron chi connectivity index (χ2n) is 4.79. The van der Waals surface area contributed by atoms with Crippen LogP contribution in [0.15, 0.2) is 12.2 Å². The van der Waals surface area contributed by atoms with E-state index in [0.717, 1.165) is 5.57 Å². The highest BCUT2D eigenvalue weighted by Gasteiger charge is 2.22. The zero-order chi connectivity index (χ0) is 16.0. The number of nitrogens with one attached hydrogen (secondary N) is 1. The van der Waals surface area contributed by atoms with Crippen LogP contribution in [0.3, 0.4) is 0 Å². The average molecular weight is 296 g/mol. The minimum Gasteiger partial charge on any atom is -0.375 e. The van der Waals surface area contributed by atoms with Crippen molar-refractivity contribution in [3.8, 4) is 0 Å². The van der Waals surface area contributed by atoms with Crippen molar-refractivity contribution >= 4 is 11.6 Å². The number of nitro groups is 1. The highest BCUT2D eigenvalue weighted by molar-refractivity contribution is 5.75. The maximum atomic E-state index is 11.7. The quantitative estimate of drug-likeness (QED) is 0.335. The third kappa shape index (κ3) is 4.99. The minimum absolute atomic E-state index is 0.0485. The second-order valence-corrected chi connectivity index (χ2v) is 4.79. The first-order valence-corrected chi connectivity index (χ1v) is 6.50. The molecule has 0 aliphatic heterocycles. The van der Waals surface area contributed by atoms with Crippen LogP contribution < -0.4 is 5.32 Å². The Hall–Kier alpha value is -2.22. The first kappa shape index (κ1) is 16.8. The van der Waals surface area contributed by atoms with Crippen molar-refractivity contribution in [3.05, 3.63) is 33.7 Å². The van der Waals surface area contributed by atoms with E-state index in [9.17, 15) is 14.9 Å². The van der Waals surface area contributed by atoms with Crippen LogP contribution in [0.4, 0.5) is 5.69 Å². The van der Waals surface area contributed by atoms with Crippen LogP contribution in [0, 0.1) is 24.0 Å². The topological polar surface area (TPSA) is 99.3 Å². The summed E-state index contributed by atoms with van der Waals surface area (Å²) in [6.07, 6.45) is 0. The number of aryl methyl sites for hydroxylation is 1. The van der Waals surface area contributed by atoms with Gasteiger partial charge < -0.3 is 10.1 Å². The number of amides is 1. The molecular formula is C13H20N4O4. The normalized spacial score (nSPS) is 10.4. The predicted molar refractivity (Wildman–Crippen MR) is 77.0 cm³/mol. The molecule has 0 fully saturated rings. The summed E-state index contributed by atoms with van der Waals surface area (Å²) in [5.74, 6) is -0.269. The molecule has 1 rings (SSSR count). The van der Waals surface area contributed by atoms with Gasteiger partial charge in [-0.25, -0.2) is 0 Å². The highest BCUT2D eigenvalue weighted by atomic mass is 16.6. The SMILES string of the molecule is C=C(C)COCCNC(=O)Cn1nc(C)c([N+](=O)[O-])c1C. The van der Waals surface area contributed by atoms with E-state index in [1.54, 1.807) is 13.8 Å². The van der Waals surface area contributed by atoms with Crippen molar-refractivity contribution in [3.63, 3.8) is 0 Å². The number of carbonyl (C=O) groups is 1. The lowest BCUT2D eigenvalue weighted by Gasteiger charge is -2.07. The molecule has 0 saturated heterocycles. The van der Waals surface area contributed by atoms with Gasteiger partial charge in [-0.2, -0.15) is 5.10 Å². The van der Waals surface area contributed by atoms with Gasteiger partial charge in [0.1, 0.15) is 17.9 Å². The van der Waals surface area contributed by atoms with Crippen LogP contribution in [-0.4, -0.2) is 40.4 Å². The van der Waals surface area contributed by atoms with Crippen molar-refractivity contribution in [1.82, 2.24) is 15.1 Å². The van der Waals surface area contributed by atoms with Crippen molar-refractivity contribution in [2.45, 2.75) is 27.3 Å². The summed E-state index contributed by atoms with van der Waals surface area (Å²) in [5.41, 5.74) is 1.53. The third-order valence-corrected chi connectivity index (χ3v) is 2.74. The van der Waals surface area contributed by atoms with Gasteiger partial charge in [0, 0.05) is 6.54 Å². The molecule has 1 aromatic rings. The molecule has 0 radical (unpaired) electrons. The number of nitrogens with zero attached hydrogens (tertiary/aromatic N) is 3. The summed E-state index contributed by atoms with van der Waals surface area (Å²) in [6, 6.07) is 0. The number of hydrogen-bond acceptors (Lipinski definition) is 5. The van der Waals surface area contributed by atoms with Gasteiger partial charge in [0.15, 0.2) is 0 Å². The fourth-order valence-electron chi connectivity index (χ4n) is 1.81. The molecule has 0 saturated carbocycles. The Labute approximate surface area is 122 Å². The van der Waals surface area contributed by atoms with Gasteiger partial charge in [-0.3, -0.25) is 19.6 Å². The smallest absolute Gasteiger partial charge is 0.312 e. The standard InChI is InChI=1S/C13H20N4O4/c1-9(2)8-21-6-5-14-12(18)7-16-11(4)13(17(19)20)10(3)15-16/h1,5-8H2,2-4H3,(H,14,18). The van der Waals surface area contributed by atoms with Crippen molar-refractivity contribution in [2.75, 3.05) is 19.8 Å². The fraction of sp³-hybridized carbons (Fsp3) is 0.538. The molecule has 1 amide bonds. The maximum absolute atomic E-state index is 11.7. The van der Waals surface area contributed by atoms with Crippen LogP contribution in [0.25, 0.3) is 0 Å². The monoisotopic (exact) mass is 296 g/mol. The number of ether oxygens (including phenoxy) is 1. The highest BCUT2D eigenvalue weighted by Crippen LogP contribution is 2.21. The Morgan fingerprint density at radius 2 is 2.19 bits per heavy atom. The molecule has 0 atom stereocenters. The Morgan fingerprint density at radius 3 is 2.71 bits per heavy atom.